The van der Waals surface area contributed by atoms with Crippen molar-refractivity contribution in [3.8, 4) is 6.07 Å². The number of nitriles is 1. The van der Waals surface area contributed by atoms with Gasteiger partial charge < -0.3 is 4.74 Å². The molecule has 0 spiro atoms. The summed E-state index contributed by atoms with van der Waals surface area (Å²) in [4.78, 5) is 19.4. The number of carbonyl (C=O) groups is 1. The molecular formula is C10H11N3O2. The fourth-order valence-electron chi connectivity index (χ4n) is 1.02. The van der Waals surface area contributed by atoms with Crippen molar-refractivity contribution < 1.29 is 9.53 Å². The van der Waals surface area contributed by atoms with Crippen LogP contribution in [-0.4, -0.2) is 22.5 Å². The quantitative estimate of drug-likeness (QED) is 0.683. The second-order valence-corrected chi connectivity index (χ2v) is 3.03. The third-order valence-corrected chi connectivity index (χ3v) is 1.92. The van der Waals surface area contributed by atoms with Crippen molar-refractivity contribution in [1.29, 1.82) is 5.26 Å². The van der Waals surface area contributed by atoms with E-state index in [9.17, 15) is 4.79 Å². The Labute approximate surface area is 87.7 Å². The van der Waals surface area contributed by atoms with E-state index in [2.05, 4.69) is 9.97 Å². The summed E-state index contributed by atoms with van der Waals surface area (Å²) in [6.45, 7) is 3.35. The molecule has 0 saturated carbocycles. The van der Waals surface area contributed by atoms with E-state index in [1.165, 1.54) is 19.3 Å². The first-order valence-electron chi connectivity index (χ1n) is 4.51. The maximum absolute atomic E-state index is 11.6. The number of hydrogen-bond acceptors (Lipinski definition) is 5. The molecule has 0 bridgehead atoms. The first kappa shape index (κ1) is 11.1. The van der Waals surface area contributed by atoms with Gasteiger partial charge in [-0.25, -0.2) is 14.8 Å². The molecule has 78 valence electrons. The fraction of sp³-hybridized carbons (Fsp3) is 0.400. The average molecular weight is 205 g/mol. The standard InChI is InChI=1S/C10H11N3O2/c1-3-15-9(14)10(2,7-11)8-12-5-4-6-13-8/h4-6H,3H2,1-2H3/t10-/m1/s1. The van der Waals surface area contributed by atoms with Crippen molar-refractivity contribution in [3.05, 3.63) is 24.3 Å². The molecule has 1 aromatic heterocycles. The largest absolute Gasteiger partial charge is 0.464 e. The van der Waals surface area contributed by atoms with E-state index >= 15 is 0 Å². The zero-order valence-electron chi connectivity index (χ0n) is 8.60. The summed E-state index contributed by atoms with van der Waals surface area (Å²) in [5, 5.41) is 9.00. The first-order valence-corrected chi connectivity index (χ1v) is 4.51. The van der Waals surface area contributed by atoms with E-state index in [4.69, 9.17) is 10.00 Å². The van der Waals surface area contributed by atoms with Crippen LogP contribution >= 0.6 is 0 Å². The Balaban J connectivity index is 3.07. The molecule has 0 aliphatic rings. The Morgan fingerprint density at radius 3 is 2.67 bits per heavy atom. The summed E-state index contributed by atoms with van der Waals surface area (Å²) in [7, 11) is 0. The van der Waals surface area contributed by atoms with E-state index in [0.717, 1.165) is 0 Å². The molecule has 5 heteroatoms. The van der Waals surface area contributed by atoms with Crippen molar-refractivity contribution in [2.45, 2.75) is 19.3 Å². The van der Waals surface area contributed by atoms with Gasteiger partial charge in [-0.05, 0) is 19.9 Å². The van der Waals surface area contributed by atoms with Crippen LogP contribution in [0.15, 0.2) is 18.5 Å². The van der Waals surface area contributed by atoms with Crippen LogP contribution < -0.4 is 0 Å². The van der Waals surface area contributed by atoms with Crippen molar-refractivity contribution in [3.63, 3.8) is 0 Å². The third kappa shape index (κ3) is 2.10. The zero-order valence-corrected chi connectivity index (χ0v) is 8.60. The van der Waals surface area contributed by atoms with E-state index < -0.39 is 11.4 Å². The highest BCUT2D eigenvalue weighted by Crippen LogP contribution is 2.20. The van der Waals surface area contributed by atoms with Gasteiger partial charge in [-0.2, -0.15) is 5.26 Å². The minimum atomic E-state index is -1.43. The van der Waals surface area contributed by atoms with Gasteiger partial charge in [0.1, 0.15) is 0 Å². The second-order valence-electron chi connectivity index (χ2n) is 3.03. The molecule has 15 heavy (non-hydrogen) atoms. The monoisotopic (exact) mass is 205 g/mol. The van der Waals surface area contributed by atoms with Crippen LogP contribution in [-0.2, 0) is 14.9 Å². The van der Waals surface area contributed by atoms with Crippen LogP contribution in [0.1, 0.15) is 19.7 Å². The molecule has 0 saturated heterocycles. The van der Waals surface area contributed by atoms with Crippen molar-refractivity contribution in [2.24, 2.45) is 0 Å². The van der Waals surface area contributed by atoms with Crippen LogP contribution in [0, 0.1) is 11.3 Å². The topological polar surface area (TPSA) is 75.9 Å². The minimum Gasteiger partial charge on any atom is -0.464 e. The van der Waals surface area contributed by atoms with Gasteiger partial charge >= 0.3 is 5.97 Å². The summed E-state index contributed by atoms with van der Waals surface area (Å²) in [5.74, 6) is -0.468. The molecular weight excluding hydrogens is 194 g/mol. The molecule has 0 unspecified atom stereocenters. The zero-order chi connectivity index (χ0) is 11.3. The second kappa shape index (κ2) is 4.51. The Bertz CT molecular complexity index is 385. The highest BCUT2D eigenvalue weighted by molar-refractivity contribution is 5.85. The SMILES string of the molecule is CCOC(=O)[C@](C)(C#N)c1ncccn1. The molecule has 1 atom stereocenters. The molecule has 0 aliphatic heterocycles. The van der Waals surface area contributed by atoms with Gasteiger partial charge in [0.25, 0.3) is 0 Å². The molecule has 1 heterocycles. The van der Waals surface area contributed by atoms with Gasteiger partial charge in [-0.3, -0.25) is 0 Å². The fourth-order valence-corrected chi connectivity index (χ4v) is 1.02. The number of carbonyl (C=O) groups excluding carboxylic acids is 1. The number of aromatic nitrogens is 2. The Kier molecular flexibility index (Phi) is 3.34. The highest BCUT2D eigenvalue weighted by Gasteiger charge is 2.40. The highest BCUT2D eigenvalue weighted by atomic mass is 16.5. The first-order chi connectivity index (χ1) is 7.15. The van der Waals surface area contributed by atoms with E-state index in [-0.39, 0.29) is 12.4 Å². The maximum atomic E-state index is 11.6. The van der Waals surface area contributed by atoms with Gasteiger partial charge in [0, 0.05) is 12.4 Å². The lowest BCUT2D eigenvalue weighted by Crippen LogP contribution is -2.34. The van der Waals surface area contributed by atoms with Crippen molar-refractivity contribution in [1.82, 2.24) is 9.97 Å². The summed E-state index contributed by atoms with van der Waals surface area (Å²) in [5.41, 5.74) is -1.43. The van der Waals surface area contributed by atoms with Gasteiger partial charge in [-0.1, -0.05) is 0 Å². The Morgan fingerprint density at radius 2 is 2.20 bits per heavy atom. The van der Waals surface area contributed by atoms with E-state index in [0.29, 0.717) is 0 Å². The number of hydrogen-bond donors (Lipinski definition) is 0. The molecule has 5 nitrogen and oxygen atoms in total. The number of rotatable bonds is 3. The minimum absolute atomic E-state index is 0.158. The van der Waals surface area contributed by atoms with Crippen LogP contribution in [0.3, 0.4) is 0 Å². The van der Waals surface area contributed by atoms with E-state index in [1.54, 1.807) is 13.0 Å². The lowest BCUT2D eigenvalue weighted by atomic mass is 9.92. The Morgan fingerprint density at radius 1 is 1.60 bits per heavy atom. The summed E-state index contributed by atoms with van der Waals surface area (Å²) >= 11 is 0. The lowest BCUT2D eigenvalue weighted by molar-refractivity contribution is -0.147. The number of nitrogens with zero attached hydrogens (tertiary/aromatic N) is 3. The van der Waals surface area contributed by atoms with Gasteiger partial charge in [0.15, 0.2) is 5.82 Å². The molecule has 0 fully saturated rings. The predicted octanol–water partition coefficient (Wildman–Crippen LogP) is 0.821. The Hall–Kier alpha value is -1.96. The molecule has 1 aromatic rings. The third-order valence-electron chi connectivity index (χ3n) is 1.92. The average Bonchev–Trinajstić information content (AvgIpc) is 2.29. The lowest BCUT2D eigenvalue weighted by Gasteiger charge is -2.16. The molecule has 0 radical (unpaired) electrons. The predicted molar refractivity (Wildman–Crippen MR) is 51.6 cm³/mol. The van der Waals surface area contributed by atoms with Gasteiger partial charge in [0.2, 0.25) is 5.41 Å². The van der Waals surface area contributed by atoms with Crippen LogP contribution in [0.25, 0.3) is 0 Å². The normalized spacial score (nSPS) is 13.7. The number of ether oxygens (including phenoxy) is 1. The van der Waals surface area contributed by atoms with Crippen LogP contribution in [0.4, 0.5) is 0 Å². The molecule has 0 N–H and O–H groups in total. The molecule has 0 amide bonds. The smallest absolute Gasteiger partial charge is 0.334 e. The molecule has 0 aliphatic carbocycles. The van der Waals surface area contributed by atoms with Crippen LogP contribution in [0.5, 0.6) is 0 Å². The molecule has 1 rings (SSSR count). The molecule has 0 aromatic carbocycles. The van der Waals surface area contributed by atoms with Crippen molar-refractivity contribution in [2.75, 3.05) is 6.61 Å². The van der Waals surface area contributed by atoms with Crippen molar-refractivity contribution >= 4 is 5.97 Å². The summed E-state index contributed by atoms with van der Waals surface area (Å²) in [6, 6.07) is 3.50. The summed E-state index contributed by atoms with van der Waals surface area (Å²) in [6.07, 6.45) is 2.97. The summed E-state index contributed by atoms with van der Waals surface area (Å²) < 4.78 is 4.81. The van der Waals surface area contributed by atoms with Crippen LogP contribution in [0.2, 0.25) is 0 Å². The van der Waals surface area contributed by atoms with Gasteiger partial charge in [0.05, 0.1) is 12.7 Å². The van der Waals surface area contributed by atoms with Gasteiger partial charge in [-0.15, -0.1) is 0 Å². The van der Waals surface area contributed by atoms with E-state index in [1.807, 2.05) is 6.07 Å². The maximum Gasteiger partial charge on any atom is 0.334 e. The number of esters is 1.